The Morgan fingerprint density at radius 3 is 2.58 bits per heavy atom. The molecule has 3 aromatic rings. The van der Waals surface area contributed by atoms with Crippen molar-refractivity contribution >= 4 is 23.1 Å². The van der Waals surface area contributed by atoms with Gasteiger partial charge < -0.3 is 29.1 Å². The van der Waals surface area contributed by atoms with E-state index in [0.717, 1.165) is 11.3 Å². The Morgan fingerprint density at radius 2 is 1.84 bits per heavy atom. The average molecular weight is 515 g/mol. The first-order chi connectivity index (χ1) is 18.4. The Kier molecular flexibility index (Phi) is 6.96. The number of ether oxygens (including phenoxy) is 3. The van der Waals surface area contributed by atoms with Gasteiger partial charge in [0.1, 0.15) is 29.6 Å². The smallest absolute Gasteiger partial charge is 0.295 e. The van der Waals surface area contributed by atoms with Crippen LogP contribution in [0.4, 0.5) is 5.69 Å². The van der Waals surface area contributed by atoms with Crippen LogP contribution in [0.5, 0.6) is 17.2 Å². The number of ketones is 1. The van der Waals surface area contributed by atoms with Gasteiger partial charge in [-0.05, 0) is 60.5 Å². The first-order valence-corrected chi connectivity index (χ1v) is 12.5. The number of carbonyl (C=O) groups excluding carboxylic acids is 2. The molecule has 196 valence electrons. The van der Waals surface area contributed by atoms with Gasteiger partial charge in [0, 0.05) is 19.2 Å². The molecule has 3 aromatic carbocycles. The third-order valence-corrected chi connectivity index (χ3v) is 6.86. The number of nitrogens with zero attached hydrogens (tertiary/aromatic N) is 2. The van der Waals surface area contributed by atoms with Crippen molar-refractivity contribution in [2.45, 2.75) is 19.5 Å². The van der Waals surface area contributed by atoms with Crippen LogP contribution >= 0.6 is 0 Å². The number of anilines is 1. The monoisotopic (exact) mass is 514 g/mol. The second-order valence-corrected chi connectivity index (χ2v) is 9.23. The SMILES string of the molecule is CCOc1cccc(C2/C(=C(/O)c3ccc4c(c3)N(C)CCO4)C(=O)C(=O)N2Cc2ccc(OC)cc2)c1. The zero-order valence-corrected chi connectivity index (χ0v) is 21.6. The van der Waals surface area contributed by atoms with Crippen molar-refractivity contribution in [3.63, 3.8) is 0 Å². The third kappa shape index (κ3) is 4.65. The third-order valence-electron chi connectivity index (χ3n) is 6.86. The molecule has 1 saturated heterocycles. The van der Waals surface area contributed by atoms with E-state index in [-0.39, 0.29) is 17.9 Å². The van der Waals surface area contributed by atoms with Crippen LogP contribution in [-0.2, 0) is 16.1 Å². The lowest BCUT2D eigenvalue weighted by Crippen LogP contribution is -2.29. The molecular weight excluding hydrogens is 484 g/mol. The van der Waals surface area contributed by atoms with E-state index >= 15 is 0 Å². The molecule has 0 spiro atoms. The molecule has 8 nitrogen and oxygen atoms in total. The van der Waals surface area contributed by atoms with Crippen molar-refractivity contribution in [3.8, 4) is 17.2 Å². The molecule has 1 atom stereocenters. The second kappa shape index (κ2) is 10.5. The summed E-state index contributed by atoms with van der Waals surface area (Å²) in [7, 11) is 3.53. The lowest BCUT2D eigenvalue weighted by atomic mass is 9.94. The maximum Gasteiger partial charge on any atom is 0.295 e. The fourth-order valence-corrected chi connectivity index (χ4v) is 4.91. The van der Waals surface area contributed by atoms with Crippen molar-refractivity contribution in [2.24, 2.45) is 0 Å². The number of carbonyl (C=O) groups is 2. The maximum atomic E-state index is 13.5. The molecule has 1 unspecified atom stereocenters. The predicted octanol–water partition coefficient (Wildman–Crippen LogP) is 4.54. The van der Waals surface area contributed by atoms with Crippen LogP contribution in [0.2, 0.25) is 0 Å². The summed E-state index contributed by atoms with van der Waals surface area (Å²) in [4.78, 5) is 30.4. The van der Waals surface area contributed by atoms with Crippen LogP contribution in [0.25, 0.3) is 5.76 Å². The maximum absolute atomic E-state index is 13.5. The lowest BCUT2D eigenvalue weighted by Gasteiger charge is -2.28. The lowest BCUT2D eigenvalue weighted by molar-refractivity contribution is -0.140. The summed E-state index contributed by atoms with van der Waals surface area (Å²) in [5.74, 6) is 0.383. The molecule has 8 heteroatoms. The molecule has 1 fully saturated rings. The summed E-state index contributed by atoms with van der Waals surface area (Å²) in [6, 6.07) is 19.1. The van der Waals surface area contributed by atoms with Crippen molar-refractivity contribution in [1.29, 1.82) is 0 Å². The minimum absolute atomic E-state index is 0.0384. The van der Waals surface area contributed by atoms with E-state index in [2.05, 4.69) is 0 Å². The first-order valence-electron chi connectivity index (χ1n) is 12.5. The number of fused-ring (bicyclic) bond motifs is 1. The van der Waals surface area contributed by atoms with E-state index in [9.17, 15) is 14.7 Å². The van der Waals surface area contributed by atoms with E-state index in [1.54, 1.807) is 25.3 Å². The number of aliphatic hydroxyl groups is 1. The first kappa shape index (κ1) is 25.2. The van der Waals surface area contributed by atoms with Crippen molar-refractivity contribution in [2.75, 3.05) is 38.8 Å². The fraction of sp³-hybridized carbons (Fsp3) is 0.267. The molecule has 38 heavy (non-hydrogen) atoms. The van der Waals surface area contributed by atoms with Crippen molar-refractivity contribution in [1.82, 2.24) is 4.90 Å². The van der Waals surface area contributed by atoms with Gasteiger partial charge in [0.05, 0.1) is 37.6 Å². The van der Waals surface area contributed by atoms with Gasteiger partial charge in [0.25, 0.3) is 11.7 Å². The Labute approximate surface area is 221 Å². The molecule has 0 bridgehead atoms. The number of hydrogen-bond acceptors (Lipinski definition) is 7. The highest BCUT2D eigenvalue weighted by Gasteiger charge is 2.46. The number of Topliss-reactive ketones (excluding diaryl/α,β-unsaturated/α-hetero) is 1. The minimum Gasteiger partial charge on any atom is -0.507 e. The van der Waals surface area contributed by atoms with E-state index in [1.807, 2.05) is 67.4 Å². The molecule has 2 aliphatic heterocycles. The number of benzene rings is 3. The molecule has 1 N–H and O–H groups in total. The summed E-state index contributed by atoms with van der Waals surface area (Å²) < 4.78 is 16.7. The number of amides is 1. The van der Waals surface area contributed by atoms with Gasteiger partial charge in [-0.25, -0.2) is 0 Å². The Hall–Kier alpha value is -4.46. The van der Waals surface area contributed by atoms with Gasteiger partial charge in [-0.3, -0.25) is 9.59 Å². The van der Waals surface area contributed by atoms with E-state index in [1.165, 1.54) is 4.90 Å². The largest absolute Gasteiger partial charge is 0.507 e. The van der Waals surface area contributed by atoms with Crippen LogP contribution in [0.3, 0.4) is 0 Å². The number of methoxy groups -OCH3 is 1. The summed E-state index contributed by atoms with van der Waals surface area (Å²) in [5, 5.41) is 11.5. The fourth-order valence-electron chi connectivity index (χ4n) is 4.91. The second-order valence-electron chi connectivity index (χ2n) is 9.23. The van der Waals surface area contributed by atoms with Crippen molar-refractivity contribution < 1.29 is 28.9 Å². The van der Waals surface area contributed by atoms with Gasteiger partial charge in [0.2, 0.25) is 0 Å². The van der Waals surface area contributed by atoms with Crippen LogP contribution in [0.15, 0.2) is 72.3 Å². The standard InChI is InChI=1S/C30H30N2O6/c1-4-37-23-7-5-6-20(16-23)27-26(28(33)21-10-13-25-24(17-21)31(2)14-15-38-25)29(34)30(35)32(27)18-19-8-11-22(36-3)12-9-19/h5-13,16-17,27,33H,4,14-15,18H2,1-3H3/b28-26-. The molecule has 0 aromatic heterocycles. The van der Waals surface area contributed by atoms with Gasteiger partial charge in [0.15, 0.2) is 0 Å². The average Bonchev–Trinajstić information content (AvgIpc) is 3.18. The predicted molar refractivity (Wildman–Crippen MR) is 144 cm³/mol. The van der Waals surface area contributed by atoms with Gasteiger partial charge in [-0.15, -0.1) is 0 Å². The van der Waals surface area contributed by atoms with E-state index in [0.29, 0.717) is 48.1 Å². The quantitative estimate of drug-likeness (QED) is 0.281. The number of hydrogen-bond donors (Lipinski definition) is 1. The Balaban J connectivity index is 1.62. The Bertz CT molecular complexity index is 1400. The molecule has 0 aliphatic carbocycles. The van der Waals surface area contributed by atoms with Gasteiger partial charge in [-0.1, -0.05) is 24.3 Å². The Morgan fingerprint density at radius 1 is 1.05 bits per heavy atom. The molecule has 2 aliphatic rings. The number of aliphatic hydroxyl groups excluding tert-OH is 1. The number of rotatable bonds is 7. The van der Waals surface area contributed by atoms with Crippen LogP contribution in [-0.4, -0.2) is 55.6 Å². The number of likely N-dealkylation sites (tertiary alicyclic amines) is 1. The van der Waals surface area contributed by atoms with Gasteiger partial charge in [-0.2, -0.15) is 0 Å². The molecule has 5 rings (SSSR count). The highest BCUT2D eigenvalue weighted by Crippen LogP contribution is 2.42. The summed E-state index contributed by atoms with van der Waals surface area (Å²) >= 11 is 0. The molecule has 0 radical (unpaired) electrons. The zero-order chi connectivity index (χ0) is 26.8. The molecule has 2 heterocycles. The molecule has 1 amide bonds. The number of likely N-dealkylation sites (N-methyl/N-ethyl adjacent to an activating group) is 1. The van der Waals surface area contributed by atoms with Gasteiger partial charge >= 0.3 is 0 Å². The topological polar surface area (TPSA) is 88.5 Å². The van der Waals surface area contributed by atoms with Crippen LogP contribution in [0.1, 0.15) is 29.7 Å². The normalized spacial score (nSPS) is 18.2. The molecular formula is C30H30N2O6. The minimum atomic E-state index is -0.803. The van der Waals surface area contributed by atoms with Crippen LogP contribution < -0.4 is 19.1 Å². The van der Waals surface area contributed by atoms with E-state index < -0.39 is 17.7 Å². The summed E-state index contributed by atoms with van der Waals surface area (Å²) in [6.45, 7) is 3.81. The zero-order valence-electron chi connectivity index (χ0n) is 21.6. The summed E-state index contributed by atoms with van der Waals surface area (Å²) in [5.41, 5.74) is 2.78. The van der Waals surface area contributed by atoms with Crippen LogP contribution in [0, 0.1) is 0 Å². The molecule has 0 saturated carbocycles. The summed E-state index contributed by atoms with van der Waals surface area (Å²) in [6.07, 6.45) is 0. The van der Waals surface area contributed by atoms with E-state index in [4.69, 9.17) is 14.2 Å². The highest BCUT2D eigenvalue weighted by molar-refractivity contribution is 6.46. The highest BCUT2D eigenvalue weighted by atomic mass is 16.5. The van der Waals surface area contributed by atoms with Crippen molar-refractivity contribution in [3.05, 3.63) is 89.0 Å².